The molecule has 0 unspecified atom stereocenters. The summed E-state index contributed by atoms with van der Waals surface area (Å²) >= 11 is 0. The van der Waals surface area contributed by atoms with Gasteiger partial charge >= 0.3 is 0 Å². The lowest BCUT2D eigenvalue weighted by atomic mass is 9.89. The molecule has 1 aromatic carbocycles. The first-order valence-corrected chi connectivity index (χ1v) is 12.4. The molecule has 34 heavy (non-hydrogen) atoms. The van der Waals surface area contributed by atoms with E-state index in [1.165, 1.54) is 5.56 Å². The quantitative estimate of drug-likeness (QED) is 0.596. The molecule has 0 spiro atoms. The molecule has 2 aliphatic rings. The molecular formula is C27H38N4O3. The van der Waals surface area contributed by atoms with E-state index < -0.39 is 0 Å². The Morgan fingerprint density at radius 1 is 1.00 bits per heavy atom. The van der Waals surface area contributed by atoms with E-state index in [1.54, 1.807) is 14.2 Å². The number of hydrogen-bond donors (Lipinski definition) is 0. The van der Waals surface area contributed by atoms with Crippen LogP contribution in [0.3, 0.4) is 0 Å². The highest BCUT2D eigenvalue weighted by molar-refractivity contribution is 5.95. The number of aromatic nitrogens is 1. The maximum Gasteiger partial charge on any atom is 0.255 e. The summed E-state index contributed by atoms with van der Waals surface area (Å²) < 4.78 is 10.6. The molecule has 0 radical (unpaired) electrons. The van der Waals surface area contributed by atoms with Gasteiger partial charge in [0.25, 0.3) is 5.91 Å². The van der Waals surface area contributed by atoms with E-state index in [0.717, 1.165) is 94.5 Å². The smallest absolute Gasteiger partial charge is 0.255 e. The molecule has 0 aliphatic carbocycles. The van der Waals surface area contributed by atoms with Crippen molar-refractivity contribution >= 4 is 5.91 Å². The standard InChI is InChI=1S/C27H38N4O3/c1-21-7-8-25(27(32)31-15-13-29(14-16-31)17-18-33-2)26(28-21)23-9-11-30(12-10-23)20-22-5-4-6-24(19-22)34-3/h4-8,19,23H,9-18,20H2,1-3H3. The van der Waals surface area contributed by atoms with Crippen LogP contribution in [-0.2, 0) is 11.3 Å². The van der Waals surface area contributed by atoms with Crippen LogP contribution in [0.15, 0.2) is 36.4 Å². The molecule has 2 fully saturated rings. The van der Waals surface area contributed by atoms with Crippen molar-refractivity contribution in [2.24, 2.45) is 0 Å². The highest BCUT2D eigenvalue weighted by atomic mass is 16.5. The minimum atomic E-state index is 0.132. The number of ether oxygens (including phenoxy) is 2. The summed E-state index contributed by atoms with van der Waals surface area (Å²) in [5, 5.41) is 0. The van der Waals surface area contributed by atoms with Crippen LogP contribution in [0, 0.1) is 6.92 Å². The Morgan fingerprint density at radius 3 is 2.47 bits per heavy atom. The number of aryl methyl sites for hydroxylation is 1. The van der Waals surface area contributed by atoms with Gasteiger partial charge in [-0.1, -0.05) is 12.1 Å². The van der Waals surface area contributed by atoms with Crippen molar-refractivity contribution in [2.45, 2.75) is 32.2 Å². The number of amides is 1. The largest absolute Gasteiger partial charge is 0.497 e. The van der Waals surface area contributed by atoms with Crippen molar-refractivity contribution in [1.82, 2.24) is 19.7 Å². The number of rotatable bonds is 8. The van der Waals surface area contributed by atoms with Gasteiger partial charge in [0.15, 0.2) is 0 Å². The Morgan fingerprint density at radius 2 is 1.76 bits per heavy atom. The number of piperazine rings is 1. The van der Waals surface area contributed by atoms with Crippen molar-refractivity contribution < 1.29 is 14.3 Å². The van der Waals surface area contributed by atoms with E-state index in [2.05, 4.69) is 21.9 Å². The van der Waals surface area contributed by atoms with Crippen LogP contribution in [0.4, 0.5) is 0 Å². The van der Waals surface area contributed by atoms with E-state index in [0.29, 0.717) is 5.92 Å². The van der Waals surface area contributed by atoms with Crippen LogP contribution in [0.25, 0.3) is 0 Å². The second kappa shape index (κ2) is 11.8. The van der Waals surface area contributed by atoms with Gasteiger partial charge in [-0.05, 0) is 62.7 Å². The second-order valence-electron chi connectivity index (χ2n) is 9.41. The van der Waals surface area contributed by atoms with Crippen LogP contribution in [0.1, 0.15) is 46.1 Å². The molecule has 0 N–H and O–H groups in total. The minimum absolute atomic E-state index is 0.132. The fourth-order valence-corrected chi connectivity index (χ4v) is 5.03. The third-order valence-electron chi connectivity index (χ3n) is 7.08. The lowest BCUT2D eigenvalue weighted by molar-refractivity contribution is 0.0591. The molecule has 7 nitrogen and oxygen atoms in total. The van der Waals surface area contributed by atoms with Gasteiger partial charge in [0, 0.05) is 58.0 Å². The number of carbonyl (C=O) groups excluding carboxylic acids is 1. The minimum Gasteiger partial charge on any atom is -0.497 e. The summed E-state index contributed by atoms with van der Waals surface area (Å²) in [4.78, 5) is 25.2. The highest BCUT2D eigenvalue weighted by Gasteiger charge is 2.29. The molecule has 0 saturated carbocycles. The lowest BCUT2D eigenvalue weighted by Gasteiger charge is -2.36. The Kier molecular flexibility index (Phi) is 8.53. The molecule has 0 bridgehead atoms. The first-order valence-electron chi connectivity index (χ1n) is 12.4. The monoisotopic (exact) mass is 466 g/mol. The molecule has 2 aromatic rings. The van der Waals surface area contributed by atoms with Gasteiger partial charge in [-0.15, -0.1) is 0 Å². The summed E-state index contributed by atoms with van der Waals surface area (Å²) in [7, 11) is 3.44. The van der Waals surface area contributed by atoms with Crippen molar-refractivity contribution in [3.63, 3.8) is 0 Å². The topological polar surface area (TPSA) is 58.1 Å². The Balaban J connectivity index is 1.38. The predicted molar refractivity (Wildman–Crippen MR) is 133 cm³/mol. The summed E-state index contributed by atoms with van der Waals surface area (Å²) in [5.74, 6) is 1.36. The van der Waals surface area contributed by atoms with Crippen LogP contribution in [-0.4, -0.2) is 92.2 Å². The summed E-state index contributed by atoms with van der Waals surface area (Å²) in [6.07, 6.45) is 2.04. The van der Waals surface area contributed by atoms with Crippen LogP contribution in [0.5, 0.6) is 5.75 Å². The summed E-state index contributed by atoms with van der Waals surface area (Å²) in [6, 6.07) is 12.3. The SMILES string of the molecule is COCCN1CCN(C(=O)c2ccc(C)nc2C2CCN(Cc3cccc(OC)c3)CC2)CC1. The normalized spacial score (nSPS) is 18.3. The maximum atomic E-state index is 13.5. The molecule has 0 atom stereocenters. The van der Waals surface area contributed by atoms with E-state index >= 15 is 0 Å². The second-order valence-corrected chi connectivity index (χ2v) is 9.41. The molecule has 184 valence electrons. The van der Waals surface area contributed by atoms with Gasteiger partial charge in [0.05, 0.1) is 25.0 Å². The number of hydrogen-bond acceptors (Lipinski definition) is 6. The molecule has 2 aliphatic heterocycles. The first-order chi connectivity index (χ1) is 16.6. The summed E-state index contributed by atoms with van der Waals surface area (Å²) in [5.41, 5.74) is 4.04. The average molecular weight is 467 g/mol. The third kappa shape index (κ3) is 6.14. The summed E-state index contributed by atoms with van der Waals surface area (Å²) in [6.45, 7) is 9.91. The number of likely N-dealkylation sites (tertiary alicyclic amines) is 1. The fourth-order valence-electron chi connectivity index (χ4n) is 5.03. The van der Waals surface area contributed by atoms with E-state index in [4.69, 9.17) is 14.5 Å². The zero-order valence-corrected chi connectivity index (χ0v) is 20.8. The fraction of sp³-hybridized carbons (Fsp3) is 0.556. The van der Waals surface area contributed by atoms with Crippen LogP contribution >= 0.6 is 0 Å². The van der Waals surface area contributed by atoms with Gasteiger partial charge < -0.3 is 14.4 Å². The van der Waals surface area contributed by atoms with Gasteiger partial charge in [0.1, 0.15) is 5.75 Å². The number of piperidine rings is 1. The van der Waals surface area contributed by atoms with Crippen LogP contribution in [0.2, 0.25) is 0 Å². The maximum absolute atomic E-state index is 13.5. The zero-order chi connectivity index (χ0) is 23.9. The molecular weight excluding hydrogens is 428 g/mol. The van der Waals surface area contributed by atoms with E-state index in [9.17, 15) is 4.79 Å². The average Bonchev–Trinajstić information content (AvgIpc) is 2.88. The number of pyridine rings is 1. The number of nitrogens with zero attached hydrogens (tertiary/aromatic N) is 4. The zero-order valence-electron chi connectivity index (χ0n) is 20.8. The van der Waals surface area contributed by atoms with Crippen molar-refractivity contribution in [2.75, 3.05) is 66.6 Å². The van der Waals surface area contributed by atoms with Crippen molar-refractivity contribution in [3.8, 4) is 5.75 Å². The van der Waals surface area contributed by atoms with Crippen LogP contribution < -0.4 is 4.74 Å². The van der Waals surface area contributed by atoms with E-state index in [1.807, 2.05) is 36.1 Å². The Bertz CT molecular complexity index is 951. The van der Waals surface area contributed by atoms with Gasteiger partial charge in [0.2, 0.25) is 0 Å². The Hall–Kier alpha value is -2.48. The lowest BCUT2D eigenvalue weighted by Crippen LogP contribution is -2.49. The van der Waals surface area contributed by atoms with Gasteiger partial charge in [-0.2, -0.15) is 0 Å². The molecule has 3 heterocycles. The first kappa shape index (κ1) is 24.6. The predicted octanol–water partition coefficient (Wildman–Crippen LogP) is 3.18. The van der Waals surface area contributed by atoms with Gasteiger partial charge in [-0.25, -0.2) is 0 Å². The molecule has 1 aromatic heterocycles. The number of benzene rings is 1. The van der Waals surface area contributed by atoms with E-state index in [-0.39, 0.29) is 5.91 Å². The molecule has 2 saturated heterocycles. The molecule has 7 heteroatoms. The molecule has 4 rings (SSSR count). The van der Waals surface area contributed by atoms with Crippen molar-refractivity contribution in [3.05, 3.63) is 58.9 Å². The highest BCUT2D eigenvalue weighted by Crippen LogP contribution is 2.31. The number of methoxy groups -OCH3 is 2. The Labute approximate surface area is 203 Å². The van der Waals surface area contributed by atoms with Crippen molar-refractivity contribution in [1.29, 1.82) is 0 Å². The number of carbonyl (C=O) groups is 1. The third-order valence-corrected chi connectivity index (χ3v) is 7.08. The molecule has 1 amide bonds. The van der Waals surface area contributed by atoms with Gasteiger partial charge in [-0.3, -0.25) is 19.6 Å².